The van der Waals surface area contributed by atoms with Crippen LogP contribution in [0.3, 0.4) is 0 Å². The molecule has 146 valence electrons. The highest BCUT2D eigenvalue weighted by molar-refractivity contribution is 7.14. The Morgan fingerprint density at radius 2 is 2.04 bits per heavy atom. The Kier molecular flexibility index (Phi) is 5.91. The lowest BCUT2D eigenvalue weighted by molar-refractivity contribution is 0.373. The first-order valence-electron chi connectivity index (χ1n) is 10.1. The van der Waals surface area contributed by atoms with Gasteiger partial charge >= 0.3 is 0 Å². The van der Waals surface area contributed by atoms with E-state index in [-0.39, 0.29) is 0 Å². The average molecular weight is 388 g/mol. The molecule has 1 saturated heterocycles. The highest BCUT2D eigenvalue weighted by Gasteiger charge is 2.21. The number of anilines is 1. The molecule has 0 spiro atoms. The number of piperazine rings is 1. The summed E-state index contributed by atoms with van der Waals surface area (Å²) >= 11 is 1.82. The van der Waals surface area contributed by atoms with E-state index in [9.17, 15) is 0 Å². The lowest BCUT2D eigenvalue weighted by Crippen LogP contribution is -2.52. The fourth-order valence-electron chi connectivity index (χ4n) is 3.82. The second kappa shape index (κ2) is 8.73. The topological polar surface area (TPSA) is 61.6 Å². The van der Waals surface area contributed by atoms with Gasteiger partial charge in [0.15, 0.2) is 11.8 Å². The third-order valence-electron chi connectivity index (χ3n) is 5.29. The lowest BCUT2D eigenvalue weighted by Gasteiger charge is -2.37. The smallest absolute Gasteiger partial charge is 0.194 e. The third kappa shape index (κ3) is 4.26. The molecule has 7 nitrogen and oxygen atoms in total. The van der Waals surface area contributed by atoms with Gasteiger partial charge in [-0.2, -0.15) is 0 Å². The summed E-state index contributed by atoms with van der Waals surface area (Å²) in [4.78, 5) is 9.73. The van der Waals surface area contributed by atoms with Gasteiger partial charge in [0, 0.05) is 45.7 Å². The van der Waals surface area contributed by atoms with Gasteiger partial charge in [-0.3, -0.25) is 0 Å². The molecule has 1 N–H and O–H groups in total. The van der Waals surface area contributed by atoms with Gasteiger partial charge in [-0.15, -0.1) is 21.5 Å². The van der Waals surface area contributed by atoms with Gasteiger partial charge in [0.05, 0.1) is 5.00 Å². The maximum Gasteiger partial charge on any atom is 0.194 e. The van der Waals surface area contributed by atoms with Gasteiger partial charge in [0.25, 0.3) is 0 Å². The molecule has 0 aliphatic carbocycles. The van der Waals surface area contributed by atoms with E-state index < -0.39 is 0 Å². The third-order valence-corrected chi connectivity index (χ3v) is 6.22. The predicted molar refractivity (Wildman–Crippen MR) is 110 cm³/mol. The quantitative estimate of drug-likeness (QED) is 0.645. The summed E-state index contributed by atoms with van der Waals surface area (Å²) < 4.78 is 2.29. The van der Waals surface area contributed by atoms with E-state index >= 15 is 0 Å². The number of hydrogen-bond acceptors (Lipinski definition) is 5. The summed E-state index contributed by atoms with van der Waals surface area (Å²) in [6.07, 6.45) is 4.76. The van der Waals surface area contributed by atoms with Crippen LogP contribution >= 0.6 is 11.3 Å². The molecule has 2 aliphatic heterocycles. The van der Waals surface area contributed by atoms with Crippen LogP contribution in [0.15, 0.2) is 22.5 Å². The van der Waals surface area contributed by atoms with E-state index in [0.29, 0.717) is 6.54 Å². The number of aryl methyl sites for hydroxylation is 1. The van der Waals surface area contributed by atoms with E-state index in [1.165, 1.54) is 24.3 Å². The molecule has 2 aliphatic rings. The largest absolute Gasteiger partial charge is 0.360 e. The second-order valence-electron chi connectivity index (χ2n) is 7.09. The first-order valence-corrected chi connectivity index (χ1v) is 11.0. The van der Waals surface area contributed by atoms with Crippen molar-refractivity contribution in [1.82, 2.24) is 25.0 Å². The van der Waals surface area contributed by atoms with Crippen LogP contribution in [0.25, 0.3) is 0 Å². The van der Waals surface area contributed by atoms with Crippen molar-refractivity contribution in [3.8, 4) is 0 Å². The summed E-state index contributed by atoms with van der Waals surface area (Å²) in [5, 5.41) is 15.8. The van der Waals surface area contributed by atoms with Crippen LogP contribution in [0.2, 0.25) is 0 Å². The molecule has 0 amide bonds. The van der Waals surface area contributed by atoms with Crippen LogP contribution in [-0.2, 0) is 19.5 Å². The normalized spacial score (nSPS) is 18.3. The number of thiophene rings is 1. The number of nitrogens with zero attached hydrogens (tertiary/aromatic N) is 6. The Labute approximate surface area is 165 Å². The number of nitrogens with one attached hydrogen (secondary N) is 1. The van der Waals surface area contributed by atoms with Crippen LogP contribution in [0.5, 0.6) is 0 Å². The van der Waals surface area contributed by atoms with Crippen molar-refractivity contribution in [3.05, 3.63) is 29.2 Å². The van der Waals surface area contributed by atoms with E-state index in [2.05, 4.69) is 54.3 Å². The first kappa shape index (κ1) is 18.3. The molecule has 0 aromatic carbocycles. The molecule has 4 heterocycles. The molecule has 1 fully saturated rings. The Balaban J connectivity index is 1.41. The van der Waals surface area contributed by atoms with E-state index in [1.807, 2.05) is 11.3 Å². The molecule has 0 bridgehead atoms. The lowest BCUT2D eigenvalue weighted by atomic mass is 10.2. The number of aliphatic imine (C=N–C) groups is 1. The fraction of sp³-hybridized carbons (Fsp3) is 0.632. The molecule has 0 atom stereocenters. The van der Waals surface area contributed by atoms with Crippen molar-refractivity contribution >= 4 is 22.3 Å². The zero-order valence-electron chi connectivity index (χ0n) is 16.1. The Morgan fingerprint density at radius 1 is 1.15 bits per heavy atom. The summed E-state index contributed by atoms with van der Waals surface area (Å²) in [6.45, 7) is 8.67. The molecule has 0 saturated carbocycles. The van der Waals surface area contributed by atoms with Gasteiger partial charge in [-0.25, -0.2) is 4.99 Å². The minimum absolute atomic E-state index is 0.598. The van der Waals surface area contributed by atoms with Crippen LogP contribution in [-0.4, -0.2) is 58.3 Å². The van der Waals surface area contributed by atoms with Crippen molar-refractivity contribution in [2.75, 3.05) is 37.6 Å². The maximum absolute atomic E-state index is 4.90. The van der Waals surface area contributed by atoms with Gasteiger partial charge in [-0.1, -0.05) is 6.42 Å². The van der Waals surface area contributed by atoms with Gasteiger partial charge in [0.1, 0.15) is 12.4 Å². The van der Waals surface area contributed by atoms with Crippen molar-refractivity contribution in [2.45, 2.75) is 45.7 Å². The highest BCUT2D eigenvalue weighted by atomic mass is 32.1. The molecular weight excluding hydrogens is 358 g/mol. The van der Waals surface area contributed by atoms with Crippen molar-refractivity contribution in [1.29, 1.82) is 0 Å². The Morgan fingerprint density at radius 3 is 2.81 bits per heavy atom. The molecular formula is C19H29N7S. The number of aromatic nitrogens is 3. The molecule has 8 heteroatoms. The monoisotopic (exact) mass is 387 g/mol. The fourth-order valence-corrected chi connectivity index (χ4v) is 4.61. The average Bonchev–Trinajstić information content (AvgIpc) is 3.31. The van der Waals surface area contributed by atoms with Gasteiger partial charge in [0.2, 0.25) is 0 Å². The Hall–Kier alpha value is -2.09. The second-order valence-corrected chi connectivity index (χ2v) is 8.02. The number of hydrogen-bond donors (Lipinski definition) is 1. The van der Waals surface area contributed by atoms with E-state index in [0.717, 1.165) is 63.3 Å². The molecule has 27 heavy (non-hydrogen) atoms. The first-order chi connectivity index (χ1) is 13.3. The number of fused-ring (bicyclic) bond motifs is 1. The predicted octanol–water partition coefficient (Wildman–Crippen LogP) is 2.35. The molecule has 0 unspecified atom stereocenters. The van der Waals surface area contributed by atoms with Crippen molar-refractivity contribution < 1.29 is 0 Å². The summed E-state index contributed by atoms with van der Waals surface area (Å²) in [5.41, 5.74) is 0. The minimum Gasteiger partial charge on any atom is -0.360 e. The molecule has 2 aromatic heterocycles. The maximum atomic E-state index is 4.90. The van der Waals surface area contributed by atoms with Crippen LogP contribution in [0.1, 0.15) is 37.8 Å². The van der Waals surface area contributed by atoms with Gasteiger partial charge < -0.3 is 19.7 Å². The standard InChI is InChI=1S/C19H29N7S/c1-2-20-19(25-12-10-24(11-13-25)18-8-6-14-27-18)21-15-17-23-22-16-7-4-3-5-9-26(16)17/h6,8,14H,2-5,7,9-13,15H2,1H3,(H,20,21). The summed E-state index contributed by atoms with van der Waals surface area (Å²) in [6, 6.07) is 4.33. The molecule has 4 rings (SSSR count). The van der Waals surface area contributed by atoms with E-state index in [4.69, 9.17) is 4.99 Å². The van der Waals surface area contributed by atoms with Crippen LogP contribution in [0, 0.1) is 0 Å². The van der Waals surface area contributed by atoms with Crippen molar-refractivity contribution in [3.63, 3.8) is 0 Å². The van der Waals surface area contributed by atoms with Gasteiger partial charge in [-0.05, 0) is 37.3 Å². The molecule has 2 aromatic rings. The molecule has 0 radical (unpaired) electrons. The summed E-state index contributed by atoms with van der Waals surface area (Å²) in [5.74, 6) is 3.13. The minimum atomic E-state index is 0.598. The Bertz CT molecular complexity index is 744. The van der Waals surface area contributed by atoms with E-state index in [1.54, 1.807) is 0 Å². The van der Waals surface area contributed by atoms with Crippen molar-refractivity contribution in [2.24, 2.45) is 4.99 Å². The van der Waals surface area contributed by atoms with Crippen LogP contribution < -0.4 is 10.2 Å². The zero-order chi connectivity index (χ0) is 18.5. The van der Waals surface area contributed by atoms with Crippen LogP contribution in [0.4, 0.5) is 5.00 Å². The number of rotatable bonds is 4. The number of guanidine groups is 1. The zero-order valence-corrected chi connectivity index (χ0v) is 16.9. The summed E-state index contributed by atoms with van der Waals surface area (Å²) in [7, 11) is 0. The SMILES string of the molecule is CCNC(=NCc1nnc2n1CCCCC2)N1CCN(c2cccs2)CC1. The highest BCUT2D eigenvalue weighted by Crippen LogP contribution is 2.22.